The van der Waals surface area contributed by atoms with Gasteiger partial charge in [0, 0.05) is 37.3 Å². The highest BCUT2D eigenvalue weighted by atomic mass is 15.5. The van der Waals surface area contributed by atoms with Gasteiger partial charge in [-0.1, -0.05) is 13.8 Å². The van der Waals surface area contributed by atoms with E-state index in [1.165, 1.54) is 76.3 Å². The van der Waals surface area contributed by atoms with Crippen LogP contribution in [0.25, 0.3) is 0 Å². The number of hydrogen-bond acceptors (Lipinski definition) is 4. The summed E-state index contributed by atoms with van der Waals surface area (Å²) in [7, 11) is 0. The van der Waals surface area contributed by atoms with E-state index in [1.807, 2.05) is 0 Å². The van der Waals surface area contributed by atoms with Crippen LogP contribution in [-0.2, 0) is 12.8 Å². The molecule has 6 heteroatoms. The molecule has 2 fully saturated rings. The van der Waals surface area contributed by atoms with Crippen molar-refractivity contribution in [3.63, 3.8) is 0 Å². The molecule has 2 aliphatic heterocycles. The first-order valence-corrected chi connectivity index (χ1v) is 13.0. The normalized spacial score (nSPS) is 23.1. The van der Waals surface area contributed by atoms with Crippen molar-refractivity contribution < 1.29 is 0 Å². The van der Waals surface area contributed by atoms with Gasteiger partial charge in [0.25, 0.3) is 0 Å². The molecule has 4 rings (SSSR count). The average Bonchev–Trinajstić information content (AvgIpc) is 3.30. The van der Waals surface area contributed by atoms with Crippen LogP contribution in [0.15, 0.2) is 12.1 Å². The van der Waals surface area contributed by atoms with E-state index in [1.54, 1.807) is 0 Å². The monoisotopic (exact) mass is 440 g/mol. The van der Waals surface area contributed by atoms with Crippen molar-refractivity contribution in [1.82, 2.24) is 29.3 Å². The summed E-state index contributed by atoms with van der Waals surface area (Å²) in [4.78, 5) is 5.28. The zero-order valence-corrected chi connectivity index (χ0v) is 20.9. The number of piperidine rings is 2. The number of nitrogens with zero attached hydrogens (tertiary/aromatic N) is 6. The summed E-state index contributed by atoms with van der Waals surface area (Å²) < 4.78 is 4.64. The predicted octanol–water partition coefficient (Wildman–Crippen LogP) is 4.34. The van der Waals surface area contributed by atoms with Gasteiger partial charge in [-0.3, -0.25) is 4.68 Å². The summed E-state index contributed by atoms with van der Waals surface area (Å²) in [5.74, 6) is 3.90. The molecule has 4 heterocycles. The zero-order valence-electron chi connectivity index (χ0n) is 20.9. The Hall–Kier alpha value is -1.66. The summed E-state index contributed by atoms with van der Waals surface area (Å²) in [5.41, 5.74) is 2.50. The van der Waals surface area contributed by atoms with Crippen molar-refractivity contribution >= 4 is 0 Å². The van der Waals surface area contributed by atoms with Gasteiger partial charge in [0.1, 0.15) is 0 Å². The molecular weight excluding hydrogens is 396 g/mol. The van der Waals surface area contributed by atoms with E-state index < -0.39 is 0 Å². The average molecular weight is 441 g/mol. The first-order chi connectivity index (χ1) is 15.5. The highest BCUT2D eigenvalue weighted by Crippen LogP contribution is 2.19. The standard InChI is InChI=1S/C26H44N6/c1-21-9-5-15-29(19-21)17-7-11-25-27-28-26(32(25)31-23(3)13-14-24(31)4)12-8-18-30-16-6-10-22(2)20-30/h13-14,21-22H,5-12,15-20H2,1-4H3/t21-,22-/m1/s1. The molecule has 0 spiro atoms. The van der Waals surface area contributed by atoms with Gasteiger partial charge in [0.05, 0.1) is 0 Å². The second-order valence-electron chi connectivity index (χ2n) is 10.6. The molecule has 0 saturated carbocycles. The maximum atomic E-state index is 4.69. The Morgan fingerprint density at radius 3 is 1.66 bits per heavy atom. The van der Waals surface area contributed by atoms with Gasteiger partial charge in [-0.2, -0.15) is 0 Å². The molecule has 0 aromatic carbocycles. The van der Waals surface area contributed by atoms with Gasteiger partial charge in [-0.05, 0) is 103 Å². The minimum atomic E-state index is 0.840. The third-order valence-corrected chi connectivity index (χ3v) is 7.44. The third kappa shape index (κ3) is 5.82. The fourth-order valence-electron chi connectivity index (χ4n) is 5.77. The second kappa shape index (κ2) is 11.0. The Bertz CT molecular complexity index is 788. The molecule has 0 unspecified atom stereocenters. The predicted molar refractivity (Wildman–Crippen MR) is 131 cm³/mol. The Labute approximate surface area is 195 Å². The quantitative estimate of drug-likeness (QED) is 0.582. The van der Waals surface area contributed by atoms with E-state index in [9.17, 15) is 0 Å². The largest absolute Gasteiger partial charge is 0.303 e. The number of aryl methyl sites for hydroxylation is 4. The summed E-state index contributed by atoms with van der Waals surface area (Å²) in [6.07, 6.45) is 9.73. The molecule has 2 aromatic rings. The van der Waals surface area contributed by atoms with E-state index in [2.05, 4.69) is 69.2 Å². The molecule has 2 saturated heterocycles. The van der Waals surface area contributed by atoms with Gasteiger partial charge in [0.15, 0.2) is 11.6 Å². The lowest BCUT2D eigenvalue weighted by Gasteiger charge is -2.30. The minimum Gasteiger partial charge on any atom is -0.303 e. The highest BCUT2D eigenvalue weighted by Gasteiger charge is 2.20. The molecule has 0 bridgehead atoms. The van der Waals surface area contributed by atoms with Crippen LogP contribution in [0.4, 0.5) is 0 Å². The van der Waals surface area contributed by atoms with Crippen LogP contribution in [0.2, 0.25) is 0 Å². The van der Waals surface area contributed by atoms with Crippen molar-refractivity contribution in [3.8, 4) is 0 Å². The van der Waals surface area contributed by atoms with Gasteiger partial charge in [-0.15, -0.1) is 10.2 Å². The summed E-state index contributed by atoms with van der Waals surface area (Å²) in [5, 5.41) is 9.38. The summed E-state index contributed by atoms with van der Waals surface area (Å²) >= 11 is 0. The molecule has 2 aliphatic rings. The number of aromatic nitrogens is 4. The van der Waals surface area contributed by atoms with Crippen LogP contribution in [0.5, 0.6) is 0 Å². The lowest BCUT2D eigenvalue weighted by atomic mass is 10.00. The molecule has 6 nitrogen and oxygen atoms in total. The van der Waals surface area contributed by atoms with E-state index in [0.29, 0.717) is 0 Å². The molecule has 32 heavy (non-hydrogen) atoms. The highest BCUT2D eigenvalue weighted by molar-refractivity contribution is 5.16. The topological polar surface area (TPSA) is 42.1 Å². The van der Waals surface area contributed by atoms with E-state index in [4.69, 9.17) is 0 Å². The van der Waals surface area contributed by atoms with E-state index in [-0.39, 0.29) is 0 Å². The molecular formula is C26H44N6. The number of likely N-dealkylation sites (tertiary alicyclic amines) is 2. The third-order valence-electron chi connectivity index (χ3n) is 7.44. The van der Waals surface area contributed by atoms with Crippen LogP contribution >= 0.6 is 0 Å². The molecule has 2 atom stereocenters. The molecule has 0 N–H and O–H groups in total. The number of rotatable bonds is 9. The lowest BCUT2D eigenvalue weighted by Crippen LogP contribution is -2.35. The Morgan fingerprint density at radius 2 is 1.22 bits per heavy atom. The molecule has 0 aliphatic carbocycles. The molecule has 0 amide bonds. The Kier molecular flexibility index (Phi) is 8.06. The Morgan fingerprint density at radius 1 is 0.750 bits per heavy atom. The smallest absolute Gasteiger partial charge is 0.153 e. The lowest BCUT2D eigenvalue weighted by molar-refractivity contribution is 0.181. The van der Waals surface area contributed by atoms with Crippen molar-refractivity contribution in [2.45, 2.75) is 79.1 Å². The van der Waals surface area contributed by atoms with Crippen molar-refractivity contribution in [3.05, 3.63) is 35.2 Å². The van der Waals surface area contributed by atoms with Crippen LogP contribution < -0.4 is 0 Å². The fraction of sp³-hybridized carbons (Fsp3) is 0.769. The summed E-state index contributed by atoms with van der Waals surface area (Å²) in [6.45, 7) is 16.5. The van der Waals surface area contributed by atoms with Crippen molar-refractivity contribution in [1.29, 1.82) is 0 Å². The first kappa shape index (κ1) is 23.5. The van der Waals surface area contributed by atoms with Crippen molar-refractivity contribution in [2.75, 3.05) is 39.3 Å². The van der Waals surface area contributed by atoms with Crippen LogP contribution in [-0.4, -0.2) is 68.6 Å². The van der Waals surface area contributed by atoms with Gasteiger partial charge >= 0.3 is 0 Å². The van der Waals surface area contributed by atoms with Gasteiger partial charge in [0.2, 0.25) is 0 Å². The molecule has 178 valence electrons. The zero-order chi connectivity index (χ0) is 22.5. The van der Waals surface area contributed by atoms with Gasteiger partial charge in [-0.25, -0.2) is 4.68 Å². The second-order valence-corrected chi connectivity index (χ2v) is 10.6. The fourth-order valence-corrected chi connectivity index (χ4v) is 5.77. The van der Waals surface area contributed by atoms with E-state index >= 15 is 0 Å². The Balaban J connectivity index is 1.41. The van der Waals surface area contributed by atoms with Crippen LogP contribution in [0.3, 0.4) is 0 Å². The first-order valence-electron chi connectivity index (χ1n) is 13.0. The number of hydrogen-bond donors (Lipinski definition) is 0. The van der Waals surface area contributed by atoms with Gasteiger partial charge < -0.3 is 9.80 Å². The maximum absolute atomic E-state index is 4.69. The molecule has 0 radical (unpaired) electrons. The van der Waals surface area contributed by atoms with Crippen LogP contribution in [0.1, 0.15) is 75.4 Å². The van der Waals surface area contributed by atoms with Crippen molar-refractivity contribution in [2.24, 2.45) is 11.8 Å². The minimum absolute atomic E-state index is 0.840. The maximum Gasteiger partial charge on any atom is 0.153 e. The van der Waals surface area contributed by atoms with Crippen LogP contribution in [0, 0.1) is 25.7 Å². The SMILES string of the molecule is Cc1ccc(C)n1-n1c(CCCN2CCC[C@@H](C)C2)nnc1CCCN1CCC[C@@H](C)C1. The molecule has 2 aromatic heterocycles. The van der Waals surface area contributed by atoms with E-state index in [0.717, 1.165) is 49.2 Å². The summed E-state index contributed by atoms with van der Waals surface area (Å²) in [6, 6.07) is 4.40.